The Morgan fingerprint density at radius 2 is 2.15 bits per heavy atom. The van der Waals surface area contributed by atoms with Gasteiger partial charge >= 0.3 is 0 Å². The lowest BCUT2D eigenvalue weighted by Crippen LogP contribution is -2.24. The van der Waals surface area contributed by atoms with E-state index in [2.05, 4.69) is 20.8 Å². The lowest BCUT2D eigenvalue weighted by molar-refractivity contribution is -0.385. The molecule has 1 saturated heterocycles. The van der Waals surface area contributed by atoms with Gasteiger partial charge in [0.25, 0.3) is 5.69 Å². The van der Waals surface area contributed by atoms with E-state index in [0.717, 1.165) is 36.1 Å². The van der Waals surface area contributed by atoms with Crippen LogP contribution in [0.25, 0.3) is 0 Å². The van der Waals surface area contributed by atoms with Crippen LogP contribution in [0, 0.1) is 28.9 Å². The highest BCUT2D eigenvalue weighted by Gasteiger charge is 2.42. The number of halogens is 1. The summed E-state index contributed by atoms with van der Waals surface area (Å²) in [7, 11) is 0. The Kier molecular flexibility index (Phi) is 3.46. The predicted molar refractivity (Wildman–Crippen MR) is 80.0 cm³/mol. The van der Waals surface area contributed by atoms with Gasteiger partial charge in [0.1, 0.15) is 0 Å². The first-order valence-corrected chi connectivity index (χ1v) is 7.64. The van der Waals surface area contributed by atoms with Crippen molar-refractivity contribution in [1.29, 1.82) is 0 Å². The van der Waals surface area contributed by atoms with Crippen LogP contribution in [0.4, 0.5) is 11.4 Å². The average molecular weight is 341 g/mol. The first-order valence-electron chi connectivity index (χ1n) is 6.85. The van der Waals surface area contributed by atoms with E-state index >= 15 is 0 Å². The van der Waals surface area contributed by atoms with Gasteiger partial charge in [0.2, 0.25) is 0 Å². The van der Waals surface area contributed by atoms with Crippen molar-refractivity contribution in [3.8, 4) is 0 Å². The molecule has 1 aliphatic carbocycles. The van der Waals surface area contributed by atoms with Crippen LogP contribution in [-0.2, 0) is 0 Å². The number of nitro benzene ring substituents is 1. The van der Waals surface area contributed by atoms with Crippen LogP contribution in [0.15, 0.2) is 16.6 Å². The lowest BCUT2D eigenvalue weighted by atomic mass is 10.00. The molecule has 1 N–H and O–H groups in total. The zero-order valence-electron chi connectivity index (χ0n) is 11.3. The van der Waals surface area contributed by atoms with Crippen LogP contribution in [-0.4, -0.2) is 29.2 Å². The Balaban J connectivity index is 1.89. The van der Waals surface area contributed by atoms with Gasteiger partial charge in [0.05, 0.1) is 16.7 Å². The number of anilines is 1. The molecule has 0 amide bonds. The number of nitro groups is 1. The first-order chi connectivity index (χ1) is 9.47. The molecule has 0 bridgehead atoms. The van der Waals surface area contributed by atoms with Gasteiger partial charge in [-0.05, 0) is 47.7 Å². The van der Waals surface area contributed by atoms with Gasteiger partial charge in [-0.3, -0.25) is 10.1 Å². The maximum atomic E-state index is 10.9. The van der Waals surface area contributed by atoms with Crippen molar-refractivity contribution in [2.24, 2.45) is 11.8 Å². The molecule has 5 nitrogen and oxygen atoms in total. The van der Waals surface area contributed by atoms with Crippen LogP contribution in [0.1, 0.15) is 18.4 Å². The second kappa shape index (κ2) is 5.00. The van der Waals surface area contributed by atoms with Gasteiger partial charge in [-0.2, -0.15) is 0 Å². The van der Waals surface area contributed by atoms with Crippen molar-refractivity contribution < 1.29 is 10.0 Å². The van der Waals surface area contributed by atoms with Crippen LogP contribution >= 0.6 is 15.9 Å². The Morgan fingerprint density at radius 1 is 1.40 bits per heavy atom. The molecule has 1 heterocycles. The lowest BCUT2D eigenvalue weighted by Gasteiger charge is -2.22. The summed E-state index contributed by atoms with van der Waals surface area (Å²) < 4.78 is 0.754. The molecule has 6 heteroatoms. The monoisotopic (exact) mass is 340 g/mol. The van der Waals surface area contributed by atoms with Crippen molar-refractivity contribution in [3.63, 3.8) is 0 Å². The van der Waals surface area contributed by atoms with Crippen molar-refractivity contribution >= 4 is 27.3 Å². The SMILES string of the molecule is Cc1cc(N2CC3CCC(O)C3C2)c(Br)cc1[N+](=O)[O-]. The van der Waals surface area contributed by atoms with E-state index in [0.29, 0.717) is 17.4 Å². The number of rotatable bonds is 2. The van der Waals surface area contributed by atoms with Gasteiger partial charge in [0, 0.05) is 35.1 Å². The largest absolute Gasteiger partial charge is 0.393 e. The van der Waals surface area contributed by atoms with Gasteiger partial charge in [-0.15, -0.1) is 0 Å². The second-order valence-electron chi connectivity index (χ2n) is 5.82. The van der Waals surface area contributed by atoms with E-state index in [-0.39, 0.29) is 16.7 Å². The molecule has 2 fully saturated rings. The molecular weight excluding hydrogens is 324 g/mol. The highest BCUT2D eigenvalue weighted by Crippen LogP contribution is 2.42. The molecular formula is C14H17BrN2O3. The fraction of sp³-hybridized carbons (Fsp3) is 0.571. The molecule has 0 spiro atoms. The maximum absolute atomic E-state index is 10.9. The van der Waals surface area contributed by atoms with E-state index in [9.17, 15) is 15.2 Å². The molecule has 3 atom stereocenters. The van der Waals surface area contributed by atoms with Crippen LogP contribution in [0.5, 0.6) is 0 Å². The average Bonchev–Trinajstić information content (AvgIpc) is 2.94. The molecule has 108 valence electrons. The number of aryl methyl sites for hydroxylation is 1. The number of aliphatic hydroxyl groups excluding tert-OH is 1. The van der Waals surface area contributed by atoms with E-state index in [4.69, 9.17) is 0 Å². The minimum absolute atomic E-state index is 0.139. The van der Waals surface area contributed by atoms with Crippen molar-refractivity contribution in [1.82, 2.24) is 0 Å². The summed E-state index contributed by atoms with van der Waals surface area (Å²) in [6.45, 7) is 3.53. The minimum Gasteiger partial charge on any atom is -0.393 e. The number of nitrogens with zero attached hydrogens (tertiary/aromatic N) is 2. The van der Waals surface area contributed by atoms with E-state index in [1.54, 1.807) is 13.0 Å². The number of fused-ring (bicyclic) bond motifs is 1. The highest BCUT2D eigenvalue weighted by atomic mass is 79.9. The zero-order chi connectivity index (χ0) is 14.4. The van der Waals surface area contributed by atoms with E-state index < -0.39 is 0 Å². The van der Waals surface area contributed by atoms with E-state index in [1.165, 1.54) is 0 Å². The normalized spacial score (nSPS) is 28.8. The van der Waals surface area contributed by atoms with E-state index in [1.807, 2.05) is 6.07 Å². The molecule has 3 unspecified atom stereocenters. The summed E-state index contributed by atoms with van der Waals surface area (Å²) in [4.78, 5) is 12.8. The molecule has 0 radical (unpaired) electrons. The molecule has 2 aliphatic rings. The quantitative estimate of drug-likeness (QED) is 0.664. The Labute approximate surface area is 125 Å². The van der Waals surface area contributed by atoms with Gasteiger partial charge in [-0.1, -0.05) is 0 Å². The number of hydrogen-bond donors (Lipinski definition) is 1. The zero-order valence-corrected chi connectivity index (χ0v) is 12.8. The highest BCUT2D eigenvalue weighted by molar-refractivity contribution is 9.10. The summed E-state index contributed by atoms with van der Waals surface area (Å²) in [6.07, 6.45) is 1.79. The van der Waals surface area contributed by atoms with Crippen molar-refractivity contribution in [2.75, 3.05) is 18.0 Å². The summed E-state index contributed by atoms with van der Waals surface area (Å²) in [5.41, 5.74) is 1.81. The number of aliphatic hydroxyl groups is 1. The molecule has 1 saturated carbocycles. The molecule has 0 aromatic heterocycles. The Hall–Kier alpha value is -1.14. The molecule has 20 heavy (non-hydrogen) atoms. The summed E-state index contributed by atoms with van der Waals surface area (Å²) in [5.74, 6) is 0.893. The smallest absolute Gasteiger partial charge is 0.273 e. The van der Waals surface area contributed by atoms with Gasteiger partial charge < -0.3 is 10.0 Å². The molecule has 1 aromatic carbocycles. The minimum atomic E-state index is -0.355. The second-order valence-corrected chi connectivity index (χ2v) is 6.68. The maximum Gasteiger partial charge on any atom is 0.273 e. The molecule has 1 aliphatic heterocycles. The summed E-state index contributed by atoms with van der Waals surface area (Å²) >= 11 is 3.45. The fourth-order valence-electron chi connectivity index (χ4n) is 3.53. The Bertz CT molecular complexity index is 564. The van der Waals surface area contributed by atoms with Gasteiger partial charge in [-0.25, -0.2) is 0 Å². The summed E-state index contributed by atoms with van der Waals surface area (Å²) in [6, 6.07) is 3.45. The standard InChI is InChI=1S/C14H17BrN2O3/c1-8-4-13(11(15)5-12(8)17(19)20)16-6-9-2-3-14(18)10(9)7-16/h4-5,9-10,14,18H,2-3,6-7H2,1H3. The number of benzene rings is 1. The van der Waals surface area contributed by atoms with Crippen LogP contribution < -0.4 is 4.90 Å². The molecule has 1 aromatic rings. The van der Waals surface area contributed by atoms with Crippen LogP contribution in [0.3, 0.4) is 0 Å². The third-order valence-corrected chi connectivity index (χ3v) is 5.26. The Morgan fingerprint density at radius 3 is 2.80 bits per heavy atom. The predicted octanol–water partition coefficient (Wildman–Crippen LogP) is 2.87. The fourth-order valence-corrected chi connectivity index (χ4v) is 4.11. The summed E-state index contributed by atoms with van der Waals surface area (Å²) in [5, 5.41) is 20.9. The van der Waals surface area contributed by atoms with Crippen molar-refractivity contribution in [2.45, 2.75) is 25.9 Å². The van der Waals surface area contributed by atoms with Crippen LogP contribution in [0.2, 0.25) is 0 Å². The third-order valence-electron chi connectivity index (χ3n) is 4.62. The number of hydrogen-bond acceptors (Lipinski definition) is 4. The first kappa shape index (κ1) is 13.8. The molecule has 3 rings (SSSR count). The third kappa shape index (κ3) is 2.20. The van der Waals surface area contributed by atoms with Gasteiger partial charge in [0.15, 0.2) is 0 Å². The topological polar surface area (TPSA) is 66.6 Å². The van der Waals surface area contributed by atoms with Crippen molar-refractivity contribution in [3.05, 3.63) is 32.3 Å².